The van der Waals surface area contributed by atoms with Crippen molar-refractivity contribution in [1.82, 2.24) is 4.57 Å². The van der Waals surface area contributed by atoms with Gasteiger partial charge in [0.15, 0.2) is 0 Å². The van der Waals surface area contributed by atoms with Crippen LogP contribution in [0, 0.1) is 13.8 Å². The molecule has 0 amide bonds. The molecule has 0 radical (unpaired) electrons. The molecule has 1 heterocycles. The Morgan fingerprint density at radius 3 is 1.46 bits per heavy atom. The minimum absolute atomic E-state index is 0.0479. The van der Waals surface area contributed by atoms with E-state index in [-0.39, 0.29) is 5.41 Å². The van der Waals surface area contributed by atoms with Gasteiger partial charge in [0.25, 0.3) is 0 Å². The molecule has 0 spiro atoms. The minimum atomic E-state index is -0.0479. The molecule has 0 saturated carbocycles. The van der Waals surface area contributed by atoms with Crippen molar-refractivity contribution in [1.29, 1.82) is 0 Å². The Labute approximate surface area is 393 Å². The predicted molar refractivity (Wildman–Crippen MR) is 284 cm³/mol. The van der Waals surface area contributed by atoms with Crippen molar-refractivity contribution in [2.45, 2.75) is 33.1 Å². The molecule has 0 fully saturated rings. The van der Waals surface area contributed by atoms with Gasteiger partial charge in [-0.2, -0.15) is 0 Å². The van der Waals surface area contributed by atoms with E-state index in [4.69, 9.17) is 0 Å². The number of aryl methyl sites for hydroxylation is 2. The molecule has 0 aliphatic heterocycles. The van der Waals surface area contributed by atoms with Crippen LogP contribution in [0.5, 0.6) is 0 Å². The lowest BCUT2D eigenvalue weighted by Gasteiger charge is -2.26. The number of rotatable bonds is 8. The predicted octanol–water partition coefficient (Wildman–Crippen LogP) is 17.8. The zero-order chi connectivity index (χ0) is 45.2. The number of para-hydroxylation sites is 1. The summed E-state index contributed by atoms with van der Waals surface area (Å²) in [4.78, 5) is 2.37. The van der Waals surface area contributed by atoms with Gasteiger partial charge in [-0.25, -0.2) is 0 Å². The molecule has 2 heteroatoms. The van der Waals surface area contributed by atoms with Gasteiger partial charge in [0.2, 0.25) is 0 Å². The second-order valence-electron chi connectivity index (χ2n) is 18.7. The summed E-state index contributed by atoms with van der Waals surface area (Å²) < 4.78 is 2.41. The molecule has 0 saturated heterocycles. The van der Waals surface area contributed by atoms with Gasteiger partial charge in [0.1, 0.15) is 0 Å². The van der Waals surface area contributed by atoms with Crippen molar-refractivity contribution < 1.29 is 0 Å². The Morgan fingerprint density at radius 1 is 0.343 bits per heavy atom. The smallest absolute Gasteiger partial charge is 0.0547 e. The lowest BCUT2D eigenvalue weighted by molar-refractivity contribution is 0.660. The van der Waals surface area contributed by atoms with Crippen molar-refractivity contribution >= 4 is 38.9 Å². The molecule has 1 aliphatic rings. The van der Waals surface area contributed by atoms with Crippen LogP contribution in [0.4, 0.5) is 17.1 Å². The number of hydrogen-bond acceptors (Lipinski definition) is 1. The summed E-state index contributed by atoms with van der Waals surface area (Å²) in [6.07, 6.45) is 0. The van der Waals surface area contributed by atoms with E-state index in [1.165, 1.54) is 99.7 Å². The van der Waals surface area contributed by atoms with Crippen molar-refractivity contribution in [3.05, 3.63) is 253 Å². The third-order valence-electron chi connectivity index (χ3n) is 14.2. The first kappa shape index (κ1) is 40.3. The molecule has 1 aromatic heterocycles. The Morgan fingerprint density at radius 2 is 0.806 bits per heavy atom. The Hall–Kier alpha value is -8.20. The molecule has 10 aromatic carbocycles. The maximum Gasteiger partial charge on any atom is 0.0547 e. The number of aromatic nitrogens is 1. The van der Waals surface area contributed by atoms with Gasteiger partial charge >= 0.3 is 0 Å². The lowest BCUT2D eigenvalue weighted by atomic mass is 9.81. The van der Waals surface area contributed by atoms with E-state index in [1.54, 1.807) is 0 Å². The van der Waals surface area contributed by atoms with Crippen LogP contribution in [-0.2, 0) is 5.41 Å². The molecule has 11 aromatic rings. The zero-order valence-corrected chi connectivity index (χ0v) is 38.3. The second-order valence-corrected chi connectivity index (χ2v) is 18.7. The third kappa shape index (κ3) is 6.96. The van der Waals surface area contributed by atoms with Crippen LogP contribution >= 0.6 is 0 Å². The summed E-state index contributed by atoms with van der Waals surface area (Å²) in [5, 5.41) is 2.50. The molecule has 0 bridgehead atoms. The summed E-state index contributed by atoms with van der Waals surface area (Å²) in [6.45, 7) is 9.06. The molecular weight excluding hydrogens is 809 g/mol. The number of fused-ring (bicyclic) bond motifs is 6. The fraction of sp³-hybridized carbons (Fsp3) is 0.0769. The van der Waals surface area contributed by atoms with E-state index in [0.717, 1.165) is 22.7 Å². The normalized spacial score (nSPS) is 12.6. The zero-order valence-electron chi connectivity index (χ0n) is 38.3. The van der Waals surface area contributed by atoms with E-state index in [9.17, 15) is 0 Å². The molecule has 0 atom stereocenters. The Balaban J connectivity index is 0.871. The quantitative estimate of drug-likeness (QED) is 0.148. The summed E-state index contributed by atoms with van der Waals surface area (Å²) >= 11 is 0. The highest BCUT2D eigenvalue weighted by Gasteiger charge is 2.35. The van der Waals surface area contributed by atoms with E-state index in [2.05, 4.69) is 268 Å². The highest BCUT2D eigenvalue weighted by Crippen LogP contribution is 2.50. The molecular formula is C65H50N2. The topological polar surface area (TPSA) is 8.17 Å². The summed E-state index contributed by atoms with van der Waals surface area (Å²) in [5.41, 5.74) is 24.6. The number of benzene rings is 10. The molecule has 12 rings (SSSR count). The molecule has 67 heavy (non-hydrogen) atoms. The fourth-order valence-electron chi connectivity index (χ4n) is 10.6. The average molecular weight is 859 g/mol. The highest BCUT2D eigenvalue weighted by atomic mass is 15.1. The van der Waals surface area contributed by atoms with E-state index in [0.29, 0.717) is 0 Å². The van der Waals surface area contributed by atoms with Gasteiger partial charge in [0.05, 0.1) is 11.0 Å². The number of anilines is 3. The van der Waals surface area contributed by atoms with Crippen molar-refractivity contribution in [3.8, 4) is 61.3 Å². The Kier molecular flexibility index (Phi) is 9.66. The summed E-state index contributed by atoms with van der Waals surface area (Å²) in [6, 6.07) is 85.0. The van der Waals surface area contributed by atoms with Crippen molar-refractivity contribution in [2.75, 3.05) is 4.90 Å². The van der Waals surface area contributed by atoms with Crippen LogP contribution in [0.15, 0.2) is 231 Å². The molecule has 2 nitrogen and oxygen atoms in total. The van der Waals surface area contributed by atoms with E-state index >= 15 is 0 Å². The van der Waals surface area contributed by atoms with Gasteiger partial charge < -0.3 is 9.47 Å². The van der Waals surface area contributed by atoms with E-state index in [1.807, 2.05) is 0 Å². The molecule has 0 N–H and O–H groups in total. The maximum atomic E-state index is 2.41. The van der Waals surface area contributed by atoms with Crippen molar-refractivity contribution in [2.24, 2.45) is 0 Å². The molecule has 320 valence electrons. The maximum absolute atomic E-state index is 2.41. The molecule has 0 unspecified atom stereocenters. The van der Waals surface area contributed by atoms with Crippen LogP contribution < -0.4 is 4.90 Å². The third-order valence-corrected chi connectivity index (χ3v) is 14.2. The van der Waals surface area contributed by atoms with Crippen molar-refractivity contribution in [3.63, 3.8) is 0 Å². The molecule has 1 aliphatic carbocycles. The van der Waals surface area contributed by atoms with Crippen LogP contribution in [0.1, 0.15) is 36.1 Å². The summed E-state index contributed by atoms with van der Waals surface area (Å²) in [7, 11) is 0. The van der Waals surface area contributed by atoms with Crippen LogP contribution in [0.3, 0.4) is 0 Å². The van der Waals surface area contributed by atoms with Gasteiger partial charge in [0, 0.05) is 38.9 Å². The van der Waals surface area contributed by atoms with Crippen LogP contribution in [0.25, 0.3) is 83.1 Å². The van der Waals surface area contributed by atoms with Crippen LogP contribution in [-0.4, -0.2) is 4.57 Å². The standard InChI is InChI=1S/C65H50N2/c1-43-17-31-52(32-18-43)66(53-33-26-49(27-34-53)51-30-40-58-57-39-19-44(2)41-60(57)65(3,4)61(58)42-51)54-37-28-50(29-38-54)56-14-10-16-63-64(56)59-13-8-9-15-62(59)67(63)55-35-24-48(25-36-55)47-22-20-46(21-23-47)45-11-6-5-7-12-45/h5-42H,1-4H3. The van der Waals surface area contributed by atoms with Gasteiger partial charge in [-0.1, -0.05) is 189 Å². The largest absolute Gasteiger partial charge is 0.311 e. The Bertz CT molecular complexity index is 3610. The van der Waals surface area contributed by atoms with Gasteiger partial charge in [-0.05, 0) is 147 Å². The van der Waals surface area contributed by atoms with Crippen LogP contribution in [0.2, 0.25) is 0 Å². The summed E-state index contributed by atoms with van der Waals surface area (Å²) in [5.74, 6) is 0. The lowest BCUT2D eigenvalue weighted by Crippen LogP contribution is -2.15. The minimum Gasteiger partial charge on any atom is -0.311 e. The monoisotopic (exact) mass is 858 g/mol. The SMILES string of the molecule is Cc1ccc(N(c2ccc(-c3ccc4c(c3)C(C)(C)c3cc(C)ccc3-4)cc2)c2ccc(-c3cccc4c3c3ccccc3n4-c3ccc(-c4ccc(-c5ccccc5)cc4)cc3)cc2)cc1. The average Bonchev–Trinajstić information content (AvgIpc) is 3.83. The first-order valence-corrected chi connectivity index (χ1v) is 23.4. The second kappa shape index (κ2) is 16.0. The van der Waals surface area contributed by atoms with E-state index < -0.39 is 0 Å². The number of nitrogens with zero attached hydrogens (tertiary/aromatic N) is 2. The highest BCUT2D eigenvalue weighted by molar-refractivity contribution is 6.15. The number of hydrogen-bond donors (Lipinski definition) is 0. The van der Waals surface area contributed by atoms with Gasteiger partial charge in [-0.3, -0.25) is 0 Å². The van der Waals surface area contributed by atoms with Gasteiger partial charge in [-0.15, -0.1) is 0 Å². The fourth-order valence-corrected chi connectivity index (χ4v) is 10.6. The first-order chi connectivity index (χ1) is 32.8. The first-order valence-electron chi connectivity index (χ1n) is 23.4.